The van der Waals surface area contributed by atoms with Gasteiger partial charge in [-0.05, 0) is 37.1 Å². The molecule has 2 heterocycles. The Morgan fingerprint density at radius 2 is 1.60 bits per heavy atom. The van der Waals surface area contributed by atoms with Crippen molar-refractivity contribution in [1.29, 1.82) is 0 Å². The molecule has 1 fully saturated rings. The Balaban J connectivity index is 0.000000392. The molecule has 244 valence electrons. The standard InChI is InChI=1S/C21H18O12.C6H14N4O2/c22-8-3-1-7(2-4-8)10-5-9(23)13-11(31-10)6-12(14(24)15(13)25)32-21-18(28)16(26)17(27)19(33-21)20(29)30;7-4(5(11)12)2-1-3-10-6(8)9/h1-6,16-19,21-22,24-28H,(H,29,30);4H,1-3,7H2,(H,11,12)(H4,8,9,10)/t16-,17-,18+,19-,21+;/m0./s1. The molecule has 6 atom stereocenters. The SMILES string of the molecule is NC(N)=NCCCC(N)C(=O)O.O=C(O)[C@H]1O[C@@H](Oc2cc3oc(-c4ccc(O)cc4)cc(=O)c3c(O)c2O)[C@H](O)[C@@H](O)[C@@H]1O. The maximum Gasteiger partial charge on any atom is 0.335 e. The average molecular weight is 637 g/mol. The third-order valence-corrected chi connectivity index (χ3v) is 6.42. The molecule has 14 N–H and O–H groups in total. The molecule has 0 amide bonds. The molecule has 0 radical (unpaired) electrons. The molecular weight excluding hydrogens is 604 g/mol. The van der Waals surface area contributed by atoms with Crippen LogP contribution in [0.3, 0.4) is 0 Å². The zero-order chi connectivity index (χ0) is 33.6. The fourth-order valence-corrected chi connectivity index (χ4v) is 4.04. The first-order chi connectivity index (χ1) is 21.1. The van der Waals surface area contributed by atoms with Crippen LogP contribution in [-0.2, 0) is 14.3 Å². The van der Waals surface area contributed by atoms with Crippen molar-refractivity contribution >= 4 is 28.9 Å². The van der Waals surface area contributed by atoms with E-state index < -0.39 is 71.4 Å². The van der Waals surface area contributed by atoms with Crippen molar-refractivity contribution in [3.05, 3.63) is 46.6 Å². The molecule has 18 heteroatoms. The molecular formula is C27H32N4O14. The highest BCUT2D eigenvalue weighted by atomic mass is 16.7. The smallest absolute Gasteiger partial charge is 0.335 e. The summed E-state index contributed by atoms with van der Waals surface area (Å²) < 4.78 is 15.9. The summed E-state index contributed by atoms with van der Waals surface area (Å²) in [6.45, 7) is 0.420. The highest BCUT2D eigenvalue weighted by Gasteiger charge is 2.48. The van der Waals surface area contributed by atoms with Crippen LogP contribution in [0.1, 0.15) is 12.8 Å². The number of phenolic OH excluding ortho intramolecular Hbond substituents is 3. The van der Waals surface area contributed by atoms with Gasteiger partial charge in [-0.1, -0.05) is 0 Å². The molecule has 1 aliphatic heterocycles. The Morgan fingerprint density at radius 1 is 0.956 bits per heavy atom. The molecule has 1 saturated heterocycles. The van der Waals surface area contributed by atoms with Crippen molar-refractivity contribution in [3.8, 4) is 34.3 Å². The summed E-state index contributed by atoms with van der Waals surface area (Å²) in [6, 6.07) is 6.92. The van der Waals surface area contributed by atoms with E-state index in [1.165, 1.54) is 24.3 Å². The molecule has 0 saturated carbocycles. The number of aliphatic hydroxyl groups is 3. The number of hydrogen-bond donors (Lipinski definition) is 11. The van der Waals surface area contributed by atoms with Gasteiger partial charge in [-0.2, -0.15) is 0 Å². The Labute approximate surface area is 252 Å². The summed E-state index contributed by atoms with van der Waals surface area (Å²) in [5.74, 6) is -5.00. The number of guanidine groups is 1. The highest BCUT2D eigenvalue weighted by Crippen LogP contribution is 2.42. The van der Waals surface area contributed by atoms with Crippen LogP contribution >= 0.6 is 0 Å². The van der Waals surface area contributed by atoms with Crippen LogP contribution in [0, 0.1) is 0 Å². The summed E-state index contributed by atoms with van der Waals surface area (Å²) in [5, 5.41) is 77.0. The molecule has 18 nitrogen and oxygen atoms in total. The summed E-state index contributed by atoms with van der Waals surface area (Å²) in [4.78, 5) is 37.7. The van der Waals surface area contributed by atoms with Crippen molar-refractivity contribution in [2.24, 2.45) is 22.2 Å². The van der Waals surface area contributed by atoms with Crippen molar-refractivity contribution in [1.82, 2.24) is 0 Å². The van der Waals surface area contributed by atoms with Crippen LogP contribution in [-0.4, -0.2) is 102 Å². The van der Waals surface area contributed by atoms with Gasteiger partial charge in [0.1, 0.15) is 46.8 Å². The Bertz CT molecular complexity index is 1610. The van der Waals surface area contributed by atoms with E-state index in [-0.39, 0.29) is 28.4 Å². The number of carbonyl (C=O) groups is 2. The van der Waals surface area contributed by atoms with Gasteiger partial charge in [0.25, 0.3) is 0 Å². The number of nitrogens with zero attached hydrogens (tertiary/aromatic N) is 1. The lowest BCUT2D eigenvalue weighted by Crippen LogP contribution is -2.61. The van der Waals surface area contributed by atoms with E-state index in [1.54, 1.807) is 0 Å². The molecule has 1 aromatic heterocycles. The first kappa shape index (κ1) is 34.4. The number of carboxylic acids is 2. The number of ether oxygens (including phenoxy) is 2. The van der Waals surface area contributed by atoms with E-state index >= 15 is 0 Å². The van der Waals surface area contributed by atoms with Crippen LogP contribution in [0.2, 0.25) is 0 Å². The van der Waals surface area contributed by atoms with Crippen LogP contribution in [0.15, 0.2) is 50.6 Å². The van der Waals surface area contributed by atoms with Crippen LogP contribution in [0.25, 0.3) is 22.3 Å². The van der Waals surface area contributed by atoms with E-state index in [0.717, 1.165) is 12.1 Å². The van der Waals surface area contributed by atoms with Crippen LogP contribution in [0.5, 0.6) is 23.0 Å². The molecule has 45 heavy (non-hydrogen) atoms. The number of aliphatic carboxylic acids is 2. The first-order valence-electron chi connectivity index (χ1n) is 13.1. The second kappa shape index (κ2) is 14.6. The summed E-state index contributed by atoms with van der Waals surface area (Å²) >= 11 is 0. The minimum absolute atomic E-state index is 0.0129. The van der Waals surface area contributed by atoms with Gasteiger partial charge in [-0.15, -0.1) is 0 Å². The monoisotopic (exact) mass is 636 g/mol. The number of nitrogens with two attached hydrogens (primary N) is 3. The van der Waals surface area contributed by atoms with Gasteiger partial charge in [-0.3, -0.25) is 14.6 Å². The van der Waals surface area contributed by atoms with E-state index in [0.29, 0.717) is 24.9 Å². The Hall–Kier alpha value is -5.14. The van der Waals surface area contributed by atoms with Gasteiger partial charge in [0, 0.05) is 24.2 Å². The normalized spacial score (nSPS) is 21.6. The number of aromatic hydroxyl groups is 3. The summed E-state index contributed by atoms with van der Waals surface area (Å²) in [5.41, 5.74) is 14.8. The average Bonchev–Trinajstić information content (AvgIpc) is 2.98. The van der Waals surface area contributed by atoms with E-state index in [1.807, 2.05) is 0 Å². The number of aliphatic hydroxyl groups excluding tert-OH is 3. The Morgan fingerprint density at radius 3 is 2.18 bits per heavy atom. The first-order valence-corrected chi connectivity index (χ1v) is 13.1. The third-order valence-electron chi connectivity index (χ3n) is 6.42. The zero-order valence-corrected chi connectivity index (χ0v) is 23.3. The number of phenols is 3. The van der Waals surface area contributed by atoms with Crippen LogP contribution in [0.4, 0.5) is 0 Å². The number of fused-ring (bicyclic) bond motifs is 1. The predicted molar refractivity (Wildman–Crippen MR) is 153 cm³/mol. The van der Waals surface area contributed by atoms with Gasteiger partial charge in [0.15, 0.2) is 29.0 Å². The quantitative estimate of drug-likeness (QED) is 0.0539. The third kappa shape index (κ3) is 8.28. The Kier molecular flexibility index (Phi) is 11.1. The molecule has 2 aromatic carbocycles. The second-order valence-electron chi connectivity index (χ2n) is 9.71. The van der Waals surface area contributed by atoms with Gasteiger partial charge in [0.05, 0.1) is 0 Å². The maximum absolute atomic E-state index is 12.6. The molecule has 1 aliphatic rings. The zero-order valence-electron chi connectivity index (χ0n) is 23.3. The maximum atomic E-state index is 12.6. The number of benzene rings is 2. The molecule has 3 aromatic rings. The molecule has 0 aliphatic carbocycles. The topological polar surface area (TPSA) is 335 Å². The van der Waals surface area contributed by atoms with Crippen molar-refractivity contribution in [2.45, 2.75) is 49.6 Å². The number of carboxylic acid groups (broad SMARTS) is 2. The van der Waals surface area contributed by atoms with E-state index in [4.69, 9.17) is 41.3 Å². The van der Waals surface area contributed by atoms with Gasteiger partial charge >= 0.3 is 11.9 Å². The van der Waals surface area contributed by atoms with Gasteiger partial charge in [-0.25, -0.2) is 4.79 Å². The minimum Gasteiger partial charge on any atom is -0.508 e. The highest BCUT2D eigenvalue weighted by molar-refractivity contribution is 5.89. The summed E-state index contributed by atoms with van der Waals surface area (Å²) in [6.07, 6.45) is -8.72. The molecule has 1 unspecified atom stereocenters. The fourth-order valence-electron chi connectivity index (χ4n) is 4.04. The van der Waals surface area contributed by atoms with E-state index in [2.05, 4.69) is 4.99 Å². The molecule has 0 spiro atoms. The predicted octanol–water partition coefficient (Wildman–Crippen LogP) is -1.70. The number of aliphatic imine (C=N–C) groups is 1. The minimum atomic E-state index is -1.96. The number of hydrogen-bond acceptors (Lipinski definition) is 14. The lowest BCUT2D eigenvalue weighted by Gasteiger charge is -2.38. The van der Waals surface area contributed by atoms with Gasteiger partial charge in [0.2, 0.25) is 12.0 Å². The van der Waals surface area contributed by atoms with Crippen molar-refractivity contribution < 1.29 is 64.3 Å². The van der Waals surface area contributed by atoms with Crippen molar-refractivity contribution in [2.75, 3.05) is 6.54 Å². The lowest BCUT2D eigenvalue weighted by molar-refractivity contribution is -0.271. The van der Waals surface area contributed by atoms with E-state index in [9.17, 15) is 45.0 Å². The number of rotatable bonds is 9. The lowest BCUT2D eigenvalue weighted by atomic mass is 9.99. The van der Waals surface area contributed by atoms with Crippen LogP contribution < -0.4 is 27.4 Å². The molecule has 4 rings (SSSR count). The summed E-state index contributed by atoms with van der Waals surface area (Å²) in [7, 11) is 0. The van der Waals surface area contributed by atoms with Crippen molar-refractivity contribution in [3.63, 3.8) is 0 Å². The second-order valence-corrected chi connectivity index (χ2v) is 9.71. The molecule has 0 bridgehead atoms. The fraction of sp³-hybridized carbons (Fsp3) is 0.333. The largest absolute Gasteiger partial charge is 0.508 e. The van der Waals surface area contributed by atoms with Gasteiger partial charge < -0.3 is 71.9 Å².